The maximum absolute atomic E-state index is 13.6. The van der Waals surface area contributed by atoms with Gasteiger partial charge in [-0.05, 0) is 18.2 Å². The number of morpholine rings is 1. The number of carbonyl (C=O) groups is 3. The van der Waals surface area contributed by atoms with Crippen LogP contribution in [0.4, 0.5) is 24.5 Å². The van der Waals surface area contributed by atoms with Crippen LogP contribution in [0.1, 0.15) is 19.4 Å². The summed E-state index contributed by atoms with van der Waals surface area (Å²) in [5.41, 5.74) is 3.92. The fourth-order valence-corrected chi connectivity index (χ4v) is 2.62. The van der Waals surface area contributed by atoms with E-state index in [2.05, 4.69) is 10.6 Å². The van der Waals surface area contributed by atoms with Crippen LogP contribution in [0.25, 0.3) is 0 Å². The molecule has 0 aromatic heterocycles. The lowest BCUT2D eigenvalue weighted by molar-refractivity contribution is -0.137. The molecular formula is C18H23F3N4O4. The molecule has 0 spiro atoms. The molecule has 0 saturated carbocycles. The molecule has 1 aromatic carbocycles. The third-order valence-corrected chi connectivity index (χ3v) is 4.26. The van der Waals surface area contributed by atoms with E-state index < -0.39 is 47.1 Å². The quantitative estimate of drug-likeness (QED) is 0.643. The number of carbonyl (C=O) groups excluding carboxylic acids is 3. The van der Waals surface area contributed by atoms with Gasteiger partial charge in [0, 0.05) is 24.7 Å². The zero-order valence-electron chi connectivity index (χ0n) is 16.0. The van der Waals surface area contributed by atoms with Gasteiger partial charge in [0.25, 0.3) is 5.91 Å². The lowest BCUT2D eigenvalue weighted by Gasteiger charge is -2.28. The minimum atomic E-state index is -4.78. The Morgan fingerprint density at radius 2 is 1.97 bits per heavy atom. The number of ether oxygens (including phenoxy) is 1. The Hall–Kier alpha value is -2.66. The number of nitrogens with two attached hydrogens (primary N) is 1. The van der Waals surface area contributed by atoms with Gasteiger partial charge >= 0.3 is 6.18 Å². The van der Waals surface area contributed by atoms with E-state index in [1.165, 1.54) is 11.0 Å². The van der Waals surface area contributed by atoms with Gasteiger partial charge < -0.3 is 26.0 Å². The van der Waals surface area contributed by atoms with E-state index in [4.69, 9.17) is 10.5 Å². The van der Waals surface area contributed by atoms with Crippen LogP contribution >= 0.6 is 0 Å². The molecule has 2 rings (SSSR count). The Bertz CT molecular complexity index is 783. The molecular weight excluding hydrogens is 393 g/mol. The predicted molar refractivity (Wildman–Crippen MR) is 99.1 cm³/mol. The highest BCUT2D eigenvalue weighted by Crippen LogP contribution is 2.37. The molecule has 0 unspecified atom stereocenters. The number of nitrogens with one attached hydrogen (secondary N) is 2. The van der Waals surface area contributed by atoms with Crippen LogP contribution in [0.15, 0.2) is 18.2 Å². The van der Waals surface area contributed by atoms with Gasteiger partial charge in [-0.2, -0.15) is 13.2 Å². The Kier molecular flexibility index (Phi) is 7.20. The van der Waals surface area contributed by atoms with Crippen molar-refractivity contribution >= 4 is 29.1 Å². The number of rotatable bonds is 6. The van der Waals surface area contributed by atoms with E-state index in [1.807, 2.05) is 0 Å². The van der Waals surface area contributed by atoms with Crippen LogP contribution in [0.5, 0.6) is 0 Å². The van der Waals surface area contributed by atoms with Crippen LogP contribution < -0.4 is 21.3 Å². The average molecular weight is 416 g/mol. The van der Waals surface area contributed by atoms with E-state index in [1.54, 1.807) is 13.8 Å². The Morgan fingerprint density at radius 1 is 1.28 bits per heavy atom. The highest BCUT2D eigenvalue weighted by Gasteiger charge is 2.36. The fourth-order valence-electron chi connectivity index (χ4n) is 2.62. The minimum Gasteiger partial charge on any atom is -0.370 e. The molecule has 1 aromatic rings. The predicted octanol–water partition coefficient (Wildman–Crippen LogP) is 1.11. The second-order valence-electron chi connectivity index (χ2n) is 6.77. The lowest BCUT2D eigenvalue weighted by atomic mass is 10.1. The van der Waals surface area contributed by atoms with E-state index in [-0.39, 0.29) is 32.0 Å². The molecule has 1 saturated heterocycles. The second-order valence-corrected chi connectivity index (χ2v) is 6.77. The fraction of sp³-hybridized carbons (Fsp3) is 0.500. The van der Waals surface area contributed by atoms with E-state index in [0.717, 1.165) is 12.1 Å². The molecule has 1 aliphatic rings. The van der Waals surface area contributed by atoms with Crippen LogP contribution in [-0.2, 0) is 25.3 Å². The SMILES string of the molecule is CC(C)C(=O)N[C@@H](CN)C(=O)Nc1ccc(N2CCOCC2=O)cc1C(F)(F)F. The molecule has 29 heavy (non-hydrogen) atoms. The van der Waals surface area contributed by atoms with Gasteiger partial charge in [-0.3, -0.25) is 14.4 Å². The number of halogens is 3. The van der Waals surface area contributed by atoms with Crippen LogP contribution in [0.3, 0.4) is 0 Å². The molecule has 8 nitrogen and oxygen atoms in total. The molecule has 1 atom stereocenters. The molecule has 0 radical (unpaired) electrons. The first kappa shape index (κ1) is 22.6. The third kappa shape index (κ3) is 5.67. The van der Waals surface area contributed by atoms with E-state index in [0.29, 0.717) is 0 Å². The molecule has 1 heterocycles. The highest BCUT2D eigenvalue weighted by molar-refractivity contribution is 5.99. The first-order valence-corrected chi connectivity index (χ1v) is 8.95. The van der Waals surface area contributed by atoms with Crippen LogP contribution in [-0.4, -0.2) is 50.1 Å². The number of hydrogen-bond acceptors (Lipinski definition) is 5. The normalized spacial score (nSPS) is 16.0. The number of nitrogens with zero attached hydrogens (tertiary/aromatic N) is 1. The maximum atomic E-state index is 13.6. The smallest absolute Gasteiger partial charge is 0.370 e. The van der Waals surface area contributed by atoms with Crippen molar-refractivity contribution < 1.29 is 32.3 Å². The zero-order chi connectivity index (χ0) is 21.8. The van der Waals surface area contributed by atoms with Crippen molar-refractivity contribution in [2.24, 2.45) is 11.7 Å². The summed E-state index contributed by atoms with van der Waals surface area (Å²) in [6.45, 7) is 3.04. The third-order valence-electron chi connectivity index (χ3n) is 4.26. The number of benzene rings is 1. The van der Waals surface area contributed by atoms with Crippen molar-refractivity contribution in [3.05, 3.63) is 23.8 Å². The van der Waals surface area contributed by atoms with Crippen LogP contribution in [0.2, 0.25) is 0 Å². The van der Waals surface area contributed by atoms with Gasteiger partial charge in [-0.25, -0.2) is 0 Å². The molecule has 3 amide bonds. The van der Waals surface area contributed by atoms with E-state index >= 15 is 0 Å². The van der Waals surface area contributed by atoms with Gasteiger partial charge in [0.15, 0.2) is 0 Å². The summed E-state index contributed by atoms with van der Waals surface area (Å²) >= 11 is 0. The number of hydrogen-bond donors (Lipinski definition) is 3. The van der Waals surface area contributed by atoms with Gasteiger partial charge in [-0.15, -0.1) is 0 Å². The van der Waals surface area contributed by atoms with Crippen LogP contribution in [0, 0.1) is 5.92 Å². The minimum absolute atomic E-state index is 0.0482. The van der Waals surface area contributed by atoms with Crippen molar-refractivity contribution in [2.75, 3.05) is 36.5 Å². The first-order valence-electron chi connectivity index (χ1n) is 8.95. The maximum Gasteiger partial charge on any atom is 0.418 e. The summed E-state index contributed by atoms with van der Waals surface area (Å²) in [6, 6.07) is 1.98. The largest absolute Gasteiger partial charge is 0.418 e. The topological polar surface area (TPSA) is 114 Å². The summed E-state index contributed by atoms with van der Waals surface area (Å²) in [6.07, 6.45) is -4.78. The Morgan fingerprint density at radius 3 is 2.52 bits per heavy atom. The molecule has 11 heteroatoms. The first-order chi connectivity index (χ1) is 13.5. The van der Waals surface area contributed by atoms with Gasteiger partial charge in [0.05, 0.1) is 17.9 Å². The van der Waals surface area contributed by atoms with Crippen molar-refractivity contribution in [2.45, 2.75) is 26.1 Å². The summed E-state index contributed by atoms with van der Waals surface area (Å²) in [7, 11) is 0. The van der Waals surface area contributed by atoms with Gasteiger partial charge in [0.2, 0.25) is 11.8 Å². The molecule has 0 bridgehead atoms. The molecule has 4 N–H and O–H groups in total. The molecule has 0 aliphatic carbocycles. The lowest BCUT2D eigenvalue weighted by Crippen LogP contribution is -2.49. The molecule has 1 fully saturated rings. The Balaban J connectivity index is 2.28. The number of amides is 3. The summed E-state index contributed by atoms with van der Waals surface area (Å²) in [5.74, 6) is -2.20. The highest BCUT2D eigenvalue weighted by atomic mass is 19.4. The zero-order valence-corrected chi connectivity index (χ0v) is 16.0. The summed E-state index contributed by atoms with van der Waals surface area (Å²) < 4.78 is 45.7. The average Bonchev–Trinajstić information content (AvgIpc) is 2.65. The van der Waals surface area contributed by atoms with Crippen molar-refractivity contribution in [1.29, 1.82) is 0 Å². The van der Waals surface area contributed by atoms with Gasteiger partial charge in [0.1, 0.15) is 12.6 Å². The Labute approximate surface area is 165 Å². The molecule has 160 valence electrons. The van der Waals surface area contributed by atoms with Crippen molar-refractivity contribution in [3.8, 4) is 0 Å². The standard InChI is InChI=1S/C18H23F3N4O4/c1-10(2)16(27)24-14(8-22)17(28)23-13-4-3-11(7-12(13)18(19,20)21)25-5-6-29-9-15(25)26/h3-4,7,10,14H,5-6,8-9,22H2,1-2H3,(H,23,28)(H,24,27)/t14-/m0/s1. The van der Waals surface area contributed by atoms with Crippen molar-refractivity contribution in [3.63, 3.8) is 0 Å². The summed E-state index contributed by atoms with van der Waals surface area (Å²) in [4.78, 5) is 37.2. The summed E-state index contributed by atoms with van der Waals surface area (Å²) in [5, 5.41) is 4.56. The van der Waals surface area contributed by atoms with Gasteiger partial charge in [-0.1, -0.05) is 13.8 Å². The van der Waals surface area contributed by atoms with Crippen molar-refractivity contribution in [1.82, 2.24) is 5.32 Å². The monoisotopic (exact) mass is 416 g/mol. The number of anilines is 2. The number of alkyl halides is 3. The van der Waals surface area contributed by atoms with E-state index in [9.17, 15) is 27.6 Å². The second kappa shape index (κ2) is 9.23. The molecule has 1 aliphatic heterocycles.